The topological polar surface area (TPSA) is 42.0 Å². The molecule has 1 heterocycles. The minimum absolute atomic E-state index is 0.172. The Morgan fingerprint density at radius 2 is 1.62 bits per heavy atom. The summed E-state index contributed by atoms with van der Waals surface area (Å²) in [5, 5.41) is 2.73. The van der Waals surface area contributed by atoms with Gasteiger partial charge in [-0.25, -0.2) is 4.98 Å². The monoisotopic (exact) mass is 376 g/mol. The zero-order valence-electron chi connectivity index (χ0n) is 13.6. The van der Waals surface area contributed by atoms with Crippen molar-refractivity contribution in [2.24, 2.45) is 0 Å². The van der Waals surface area contributed by atoms with Crippen molar-refractivity contribution in [3.63, 3.8) is 0 Å². The summed E-state index contributed by atoms with van der Waals surface area (Å²) in [6, 6.07) is 17.9. The Balaban J connectivity index is 1.79. The van der Waals surface area contributed by atoms with Crippen molar-refractivity contribution in [1.29, 1.82) is 0 Å². The van der Waals surface area contributed by atoms with E-state index in [2.05, 4.69) is 10.3 Å². The van der Waals surface area contributed by atoms with Crippen LogP contribution in [-0.4, -0.2) is 17.4 Å². The highest BCUT2D eigenvalue weighted by Gasteiger charge is 2.39. The van der Waals surface area contributed by atoms with Crippen LogP contribution in [0.3, 0.4) is 0 Å². The molecule has 1 aromatic heterocycles. The van der Waals surface area contributed by atoms with Crippen LogP contribution in [0.25, 0.3) is 10.6 Å². The van der Waals surface area contributed by atoms with Crippen LogP contribution < -0.4 is 5.32 Å². The Kier molecular flexibility index (Phi) is 5.37. The van der Waals surface area contributed by atoms with Gasteiger partial charge in [0.05, 0.1) is 0 Å². The van der Waals surface area contributed by atoms with Gasteiger partial charge in [-0.15, -0.1) is 11.3 Å². The average Bonchev–Trinajstić information content (AvgIpc) is 3.09. The number of nitrogens with zero attached hydrogens (tertiary/aromatic N) is 1. The zero-order valence-corrected chi connectivity index (χ0v) is 14.4. The Morgan fingerprint density at radius 3 is 2.23 bits per heavy atom. The molecule has 0 bridgehead atoms. The van der Waals surface area contributed by atoms with Gasteiger partial charge in [0.25, 0.3) is 5.91 Å². The second-order valence-corrected chi connectivity index (χ2v) is 6.55. The molecule has 0 spiro atoms. The standard InChI is InChI=1S/C19H15F3N2OS/c20-19(21,22)16-15(26-18(24-16)14-9-5-2-6-10-14)17(25)23-12-11-13-7-3-1-4-8-13/h1-10H,11-12H2,(H,23,25). The largest absolute Gasteiger partial charge is 0.435 e. The van der Waals surface area contributed by atoms with Crippen LogP contribution in [-0.2, 0) is 12.6 Å². The molecule has 3 rings (SSSR count). The van der Waals surface area contributed by atoms with Gasteiger partial charge in [-0.3, -0.25) is 4.79 Å². The highest BCUT2D eigenvalue weighted by molar-refractivity contribution is 7.17. The van der Waals surface area contributed by atoms with Crippen molar-refractivity contribution >= 4 is 17.2 Å². The molecule has 0 unspecified atom stereocenters. The third kappa shape index (κ3) is 4.29. The van der Waals surface area contributed by atoms with Gasteiger partial charge in [0, 0.05) is 12.1 Å². The Morgan fingerprint density at radius 1 is 1.00 bits per heavy atom. The molecule has 134 valence electrons. The lowest BCUT2D eigenvalue weighted by Gasteiger charge is -2.07. The molecule has 26 heavy (non-hydrogen) atoms. The molecule has 0 radical (unpaired) electrons. The second-order valence-electron chi connectivity index (χ2n) is 5.55. The second kappa shape index (κ2) is 7.70. The first-order valence-corrected chi connectivity index (χ1v) is 8.72. The molecule has 0 atom stereocenters. The number of nitrogens with one attached hydrogen (secondary N) is 1. The van der Waals surface area contributed by atoms with E-state index in [1.165, 1.54) is 0 Å². The summed E-state index contributed by atoms with van der Waals surface area (Å²) in [6.07, 6.45) is -4.14. The fourth-order valence-electron chi connectivity index (χ4n) is 2.42. The number of carbonyl (C=O) groups is 1. The summed E-state index contributed by atoms with van der Waals surface area (Å²) in [4.78, 5) is 15.6. The van der Waals surface area contributed by atoms with Gasteiger partial charge in [-0.05, 0) is 12.0 Å². The van der Waals surface area contributed by atoms with Gasteiger partial charge in [0.1, 0.15) is 9.88 Å². The van der Waals surface area contributed by atoms with E-state index in [0.29, 0.717) is 12.0 Å². The fourth-order valence-corrected chi connectivity index (χ4v) is 3.42. The number of rotatable bonds is 5. The summed E-state index contributed by atoms with van der Waals surface area (Å²) in [6.45, 7) is 0.249. The van der Waals surface area contributed by atoms with Crippen LogP contribution in [0, 0.1) is 0 Å². The summed E-state index contributed by atoms with van der Waals surface area (Å²) < 4.78 is 39.9. The van der Waals surface area contributed by atoms with Crippen molar-refractivity contribution in [1.82, 2.24) is 10.3 Å². The third-order valence-electron chi connectivity index (χ3n) is 3.66. The van der Waals surface area contributed by atoms with Crippen LogP contribution in [0.15, 0.2) is 60.7 Å². The van der Waals surface area contributed by atoms with E-state index in [9.17, 15) is 18.0 Å². The molecule has 0 aliphatic heterocycles. The summed E-state index contributed by atoms with van der Waals surface area (Å²) in [5.41, 5.74) is 0.406. The first kappa shape index (κ1) is 18.1. The number of alkyl halides is 3. The third-order valence-corrected chi connectivity index (χ3v) is 4.77. The van der Waals surface area contributed by atoms with Crippen LogP contribution in [0.2, 0.25) is 0 Å². The van der Waals surface area contributed by atoms with Crippen LogP contribution >= 0.6 is 11.3 Å². The maximum absolute atomic E-state index is 13.3. The van der Waals surface area contributed by atoms with Crippen molar-refractivity contribution in [3.05, 3.63) is 76.8 Å². The first-order chi connectivity index (χ1) is 12.4. The molecule has 7 heteroatoms. The molecule has 2 aromatic carbocycles. The predicted molar refractivity (Wildman–Crippen MR) is 95.0 cm³/mol. The highest BCUT2D eigenvalue weighted by Crippen LogP contribution is 2.37. The van der Waals surface area contributed by atoms with Gasteiger partial charge < -0.3 is 5.32 Å². The summed E-state index contributed by atoms with van der Waals surface area (Å²) >= 11 is 0.751. The van der Waals surface area contributed by atoms with E-state index in [-0.39, 0.29) is 11.6 Å². The van der Waals surface area contributed by atoms with Gasteiger partial charge in [0.2, 0.25) is 0 Å². The lowest BCUT2D eigenvalue weighted by molar-refractivity contribution is -0.141. The number of aromatic nitrogens is 1. The van der Waals surface area contributed by atoms with Gasteiger partial charge >= 0.3 is 6.18 Å². The molecule has 3 nitrogen and oxygen atoms in total. The number of halogens is 3. The maximum Gasteiger partial charge on any atom is 0.435 e. The molecule has 1 N–H and O–H groups in total. The number of carbonyl (C=O) groups excluding carboxylic acids is 1. The van der Waals surface area contributed by atoms with Gasteiger partial charge in [-0.2, -0.15) is 13.2 Å². The average molecular weight is 376 g/mol. The summed E-state index contributed by atoms with van der Waals surface area (Å²) in [5.74, 6) is -0.757. The fraction of sp³-hybridized carbons (Fsp3) is 0.158. The molecular weight excluding hydrogens is 361 g/mol. The van der Waals surface area contributed by atoms with Gasteiger partial charge in [0.15, 0.2) is 5.69 Å². The number of hydrogen-bond donors (Lipinski definition) is 1. The minimum atomic E-state index is -4.68. The zero-order chi connectivity index (χ0) is 18.6. The summed E-state index contributed by atoms with van der Waals surface area (Å²) in [7, 11) is 0. The number of benzene rings is 2. The van der Waals surface area contributed by atoms with Crippen LogP contribution in [0.5, 0.6) is 0 Å². The van der Waals surface area contributed by atoms with Crippen molar-refractivity contribution in [3.8, 4) is 10.6 Å². The normalized spacial score (nSPS) is 11.3. The minimum Gasteiger partial charge on any atom is -0.351 e. The molecular formula is C19H15F3N2OS. The predicted octanol–water partition coefficient (Wildman–Crippen LogP) is 4.80. The Labute approximate surface area is 152 Å². The van der Waals surface area contributed by atoms with Crippen molar-refractivity contribution in [2.45, 2.75) is 12.6 Å². The van der Waals surface area contributed by atoms with E-state index in [1.807, 2.05) is 30.3 Å². The van der Waals surface area contributed by atoms with Crippen molar-refractivity contribution in [2.75, 3.05) is 6.54 Å². The molecule has 0 saturated heterocycles. The van der Waals surface area contributed by atoms with E-state index < -0.39 is 22.7 Å². The van der Waals surface area contributed by atoms with E-state index in [1.54, 1.807) is 30.3 Å². The smallest absolute Gasteiger partial charge is 0.351 e. The van der Waals surface area contributed by atoms with Crippen LogP contribution in [0.1, 0.15) is 20.9 Å². The van der Waals surface area contributed by atoms with E-state index in [4.69, 9.17) is 0 Å². The number of amides is 1. The molecule has 0 aliphatic carbocycles. The Bertz CT molecular complexity index is 877. The van der Waals surface area contributed by atoms with E-state index in [0.717, 1.165) is 16.9 Å². The highest BCUT2D eigenvalue weighted by atomic mass is 32.1. The first-order valence-electron chi connectivity index (χ1n) is 7.91. The lowest BCUT2D eigenvalue weighted by atomic mass is 10.1. The number of hydrogen-bond acceptors (Lipinski definition) is 3. The molecule has 0 saturated carbocycles. The molecule has 0 aliphatic rings. The number of thiazole rings is 1. The van der Waals surface area contributed by atoms with Crippen molar-refractivity contribution < 1.29 is 18.0 Å². The molecule has 1 amide bonds. The molecule has 0 fully saturated rings. The maximum atomic E-state index is 13.3. The SMILES string of the molecule is O=C(NCCc1ccccc1)c1sc(-c2ccccc2)nc1C(F)(F)F. The van der Waals surface area contributed by atoms with Gasteiger partial charge in [-0.1, -0.05) is 60.7 Å². The Hall–Kier alpha value is -2.67. The van der Waals surface area contributed by atoms with E-state index >= 15 is 0 Å². The molecule has 3 aromatic rings. The quantitative estimate of drug-likeness (QED) is 0.695. The lowest BCUT2D eigenvalue weighted by Crippen LogP contribution is -2.27. The van der Waals surface area contributed by atoms with Crippen LogP contribution in [0.4, 0.5) is 13.2 Å².